The predicted octanol–water partition coefficient (Wildman–Crippen LogP) is 1.25. The van der Waals surface area contributed by atoms with Gasteiger partial charge in [-0.3, -0.25) is 9.59 Å². The van der Waals surface area contributed by atoms with Crippen molar-refractivity contribution in [3.05, 3.63) is 29.8 Å². The van der Waals surface area contributed by atoms with Crippen LogP contribution < -0.4 is 4.74 Å². The van der Waals surface area contributed by atoms with Crippen molar-refractivity contribution in [3.63, 3.8) is 0 Å². The van der Waals surface area contributed by atoms with Crippen molar-refractivity contribution in [2.75, 3.05) is 14.2 Å². The van der Waals surface area contributed by atoms with Gasteiger partial charge in [-0.15, -0.1) is 0 Å². The van der Waals surface area contributed by atoms with E-state index in [2.05, 4.69) is 4.84 Å². The Hall–Kier alpha value is -2.04. The molecule has 0 radical (unpaired) electrons. The third-order valence-electron chi connectivity index (χ3n) is 1.89. The molecule has 0 heterocycles. The van der Waals surface area contributed by atoms with Gasteiger partial charge in [0.2, 0.25) is 0 Å². The Morgan fingerprint density at radius 3 is 2.44 bits per heavy atom. The molecule has 1 amide bonds. The van der Waals surface area contributed by atoms with E-state index in [1.807, 2.05) is 0 Å². The number of carbonyl (C=O) groups excluding carboxylic acids is 2. The first-order valence-electron chi connectivity index (χ1n) is 4.66. The first-order chi connectivity index (χ1) is 7.56. The van der Waals surface area contributed by atoms with E-state index in [0.29, 0.717) is 11.3 Å². The van der Waals surface area contributed by atoms with Crippen molar-refractivity contribution in [1.82, 2.24) is 5.06 Å². The molecule has 1 aromatic rings. The van der Waals surface area contributed by atoms with Gasteiger partial charge in [-0.1, -0.05) is 12.1 Å². The number of carbonyl (C=O) groups is 2. The molecule has 1 aromatic carbocycles. The normalized spacial score (nSPS) is 9.44. The van der Waals surface area contributed by atoms with Crippen molar-refractivity contribution < 1.29 is 19.2 Å². The standard InChI is InChI=1S/C11H13NO4/c1-8(13)16-12(2)11(14)9-6-4-5-7-10(9)15-3/h4-7H,1-3H3. The number of hydrogen-bond acceptors (Lipinski definition) is 4. The Kier molecular flexibility index (Phi) is 3.88. The van der Waals surface area contributed by atoms with Gasteiger partial charge in [-0.25, -0.2) is 0 Å². The molecule has 5 heteroatoms. The molecular weight excluding hydrogens is 210 g/mol. The number of ether oxygens (including phenoxy) is 1. The van der Waals surface area contributed by atoms with E-state index in [-0.39, 0.29) is 0 Å². The number of amides is 1. The first-order valence-corrected chi connectivity index (χ1v) is 4.66. The van der Waals surface area contributed by atoms with E-state index in [1.165, 1.54) is 21.1 Å². The number of methoxy groups -OCH3 is 1. The second-order valence-corrected chi connectivity index (χ2v) is 3.09. The summed E-state index contributed by atoms with van der Waals surface area (Å²) in [5, 5.41) is 0.875. The lowest BCUT2D eigenvalue weighted by atomic mass is 10.2. The molecule has 0 fully saturated rings. The Balaban J connectivity index is 2.91. The summed E-state index contributed by atoms with van der Waals surface area (Å²) < 4.78 is 5.03. The minimum absolute atomic E-state index is 0.341. The van der Waals surface area contributed by atoms with Gasteiger partial charge in [-0.05, 0) is 12.1 Å². The number of nitrogens with zero attached hydrogens (tertiary/aromatic N) is 1. The average Bonchev–Trinajstić information content (AvgIpc) is 2.27. The molecular formula is C11H13NO4. The molecule has 0 aromatic heterocycles. The van der Waals surface area contributed by atoms with Gasteiger partial charge in [0.15, 0.2) is 0 Å². The van der Waals surface area contributed by atoms with Gasteiger partial charge in [0.25, 0.3) is 5.91 Å². The van der Waals surface area contributed by atoms with Crippen LogP contribution in [0.3, 0.4) is 0 Å². The monoisotopic (exact) mass is 223 g/mol. The summed E-state index contributed by atoms with van der Waals surface area (Å²) in [5.41, 5.74) is 0.341. The SMILES string of the molecule is COc1ccccc1C(=O)N(C)OC(C)=O. The Morgan fingerprint density at radius 2 is 1.88 bits per heavy atom. The van der Waals surface area contributed by atoms with Crippen molar-refractivity contribution in [2.45, 2.75) is 6.92 Å². The number of hydrogen-bond donors (Lipinski definition) is 0. The Labute approximate surface area is 93.5 Å². The smallest absolute Gasteiger partial charge is 0.329 e. The molecule has 1 rings (SSSR count). The zero-order valence-electron chi connectivity index (χ0n) is 9.39. The maximum Gasteiger partial charge on any atom is 0.329 e. The highest BCUT2D eigenvalue weighted by Gasteiger charge is 2.18. The van der Waals surface area contributed by atoms with E-state index >= 15 is 0 Å². The van der Waals surface area contributed by atoms with Crippen LogP contribution in [0.2, 0.25) is 0 Å². The average molecular weight is 223 g/mol. The molecule has 16 heavy (non-hydrogen) atoms. The van der Waals surface area contributed by atoms with Gasteiger partial charge >= 0.3 is 5.97 Å². The fourth-order valence-electron chi connectivity index (χ4n) is 1.23. The highest BCUT2D eigenvalue weighted by atomic mass is 16.7. The number of para-hydroxylation sites is 1. The van der Waals surface area contributed by atoms with Gasteiger partial charge in [-0.2, -0.15) is 5.06 Å². The lowest BCUT2D eigenvalue weighted by Gasteiger charge is -2.16. The first kappa shape index (κ1) is 12.0. The minimum Gasteiger partial charge on any atom is -0.496 e. The second kappa shape index (κ2) is 5.16. The van der Waals surface area contributed by atoms with Crippen molar-refractivity contribution in [1.29, 1.82) is 0 Å². The second-order valence-electron chi connectivity index (χ2n) is 3.09. The van der Waals surface area contributed by atoms with Crippen LogP contribution in [-0.4, -0.2) is 31.1 Å². The number of rotatable bonds is 2. The Bertz CT molecular complexity index is 403. The molecule has 0 aliphatic carbocycles. The molecule has 86 valence electrons. The topological polar surface area (TPSA) is 55.8 Å². The minimum atomic E-state index is -0.550. The third kappa shape index (κ3) is 2.73. The van der Waals surface area contributed by atoms with Crippen LogP contribution in [0.4, 0.5) is 0 Å². The molecule has 0 saturated carbocycles. The molecule has 0 saturated heterocycles. The van der Waals surface area contributed by atoms with Crippen molar-refractivity contribution in [3.8, 4) is 5.75 Å². The van der Waals surface area contributed by atoms with Crippen LogP contribution in [0, 0.1) is 0 Å². The van der Waals surface area contributed by atoms with Gasteiger partial charge < -0.3 is 9.57 Å². The van der Waals surface area contributed by atoms with E-state index in [1.54, 1.807) is 24.3 Å². The highest BCUT2D eigenvalue weighted by molar-refractivity contribution is 5.96. The maximum absolute atomic E-state index is 11.8. The van der Waals surface area contributed by atoms with Gasteiger partial charge in [0.1, 0.15) is 5.75 Å². The lowest BCUT2D eigenvalue weighted by molar-refractivity contribution is -0.170. The largest absolute Gasteiger partial charge is 0.496 e. The predicted molar refractivity (Wildman–Crippen MR) is 56.9 cm³/mol. The van der Waals surface area contributed by atoms with Gasteiger partial charge in [0, 0.05) is 14.0 Å². The zero-order valence-corrected chi connectivity index (χ0v) is 9.39. The van der Waals surface area contributed by atoms with Crippen LogP contribution in [-0.2, 0) is 9.63 Å². The van der Waals surface area contributed by atoms with E-state index in [4.69, 9.17) is 4.74 Å². The maximum atomic E-state index is 11.8. The van der Waals surface area contributed by atoms with Gasteiger partial charge in [0.05, 0.1) is 12.7 Å². The fourth-order valence-corrected chi connectivity index (χ4v) is 1.23. The van der Waals surface area contributed by atoms with Crippen LogP contribution in [0.5, 0.6) is 5.75 Å². The van der Waals surface area contributed by atoms with E-state index < -0.39 is 11.9 Å². The summed E-state index contributed by atoms with van der Waals surface area (Å²) in [7, 11) is 2.84. The zero-order chi connectivity index (χ0) is 12.1. The molecule has 0 aliphatic heterocycles. The summed E-state index contributed by atoms with van der Waals surface area (Å²) in [6.45, 7) is 1.23. The molecule has 0 bridgehead atoms. The molecule has 0 spiro atoms. The summed E-state index contributed by atoms with van der Waals surface area (Å²) in [5.74, 6) is -0.551. The van der Waals surface area contributed by atoms with E-state index in [0.717, 1.165) is 5.06 Å². The van der Waals surface area contributed by atoms with Crippen LogP contribution in [0.1, 0.15) is 17.3 Å². The van der Waals surface area contributed by atoms with E-state index in [9.17, 15) is 9.59 Å². The molecule has 5 nitrogen and oxygen atoms in total. The molecule has 0 unspecified atom stereocenters. The summed E-state index contributed by atoms with van der Waals surface area (Å²) in [4.78, 5) is 27.2. The number of hydroxylamine groups is 2. The summed E-state index contributed by atoms with van der Waals surface area (Å²) >= 11 is 0. The van der Waals surface area contributed by atoms with Crippen molar-refractivity contribution >= 4 is 11.9 Å². The molecule has 0 atom stereocenters. The molecule has 0 aliphatic rings. The number of benzene rings is 1. The molecule has 0 N–H and O–H groups in total. The quantitative estimate of drug-likeness (QED) is 0.708. The summed E-state index contributed by atoms with van der Waals surface area (Å²) in [6, 6.07) is 6.72. The fraction of sp³-hybridized carbons (Fsp3) is 0.273. The third-order valence-corrected chi connectivity index (χ3v) is 1.89. The van der Waals surface area contributed by atoms with Crippen molar-refractivity contribution in [2.24, 2.45) is 0 Å². The highest BCUT2D eigenvalue weighted by Crippen LogP contribution is 2.18. The van der Waals surface area contributed by atoms with Crippen LogP contribution in [0.25, 0.3) is 0 Å². The lowest BCUT2D eigenvalue weighted by Crippen LogP contribution is -2.29. The summed E-state index contributed by atoms with van der Waals surface area (Å²) in [6.07, 6.45) is 0. The van der Waals surface area contributed by atoms with Crippen LogP contribution >= 0.6 is 0 Å². The van der Waals surface area contributed by atoms with Crippen LogP contribution in [0.15, 0.2) is 24.3 Å². The Morgan fingerprint density at radius 1 is 1.25 bits per heavy atom.